The van der Waals surface area contributed by atoms with Crippen LogP contribution in [0.25, 0.3) is 0 Å². The zero-order chi connectivity index (χ0) is 16.9. The summed E-state index contributed by atoms with van der Waals surface area (Å²) in [7, 11) is 0. The van der Waals surface area contributed by atoms with E-state index < -0.39 is 35.8 Å². The lowest BCUT2D eigenvalue weighted by molar-refractivity contribution is -0.169. The third-order valence-electron chi connectivity index (χ3n) is 3.37. The predicted octanol–water partition coefficient (Wildman–Crippen LogP) is 0.635. The first-order valence-electron chi connectivity index (χ1n) is 7.26. The van der Waals surface area contributed by atoms with Crippen LogP contribution in [-0.4, -0.2) is 47.4 Å². The molecule has 3 atom stereocenters. The van der Waals surface area contributed by atoms with Gasteiger partial charge in [0.05, 0.1) is 6.04 Å². The fraction of sp³-hybridized carbons (Fsp3) is 0.786. The van der Waals surface area contributed by atoms with E-state index in [1.165, 1.54) is 0 Å². The number of carbonyl (C=O) groups is 3. The normalized spacial score (nSPS) is 25.2. The molecule has 1 rings (SSSR count). The standard InChI is InChI=1S/C14H24N2O6/c1-14(2,3)22-13(20)16-9-5-4-8(7-15)6-10(9)21-12(19)11(17)18/h8-10H,4-7,15H2,1-3H3,(H,16,20)(H,17,18)/t8-,9-,10?/m1/s1. The Bertz CT molecular complexity index is 432. The number of ether oxygens (including phenoxy) is 2. The highest BCUT2D eigenvalue weighted by atomic mass is 16.6. The molecule has 0 spiro atoms. The van der Waals surface area contributed by atoms with E-state index in [0.717, 1.165) is 6.42 Å². The summed E-state index contributed by atoms with van der Waals surface area (Å²) in [5.41, 5.74) is 4.97. The molecule has 126 valence electrons. The fourth-order valence-corrected chi connectivity index (χ4v) is 2.37. The van der Waals surface area contributed by atoms with E-state index in [4.69, 9.17) is 20.3 Å². The minimum absolute atomic E-state index is 0.128. The van der Waals surface area contributed by atoms with Gasteiger partial charge in [-0.1, -0.05) is 0 Å². The van der Waals surface area contributed by atoms with Crippen molar-refractivity contribution in [1.29, 1.82) is 0 Å². The summed E-state index contributed by atoms with van der Waals surface area (Å²) in [4.78, 5) is 33.7. The number of carbonyl (C=O) groups excluding carboxylic acids is 2. The van der Waals surface area contributed by atoms with Gasteiger partial charge in [0.2, 0.25) is 0 Å². The summed E-state index contributed by atoms with van der Waals surface area (Å²) >= 11 is 0. The summed E-state index contributed by atoms with van der Waals surface area (Å²) in [6.07, 6.45) is 0.366. The van der Waals surface area contributed by atoms with Gasteiger partial charge in [-0.3, -0.25) is 0 Å². The minimum Gasteiger partial charge on any atom is -0.473 e. The first-order chi connectivity index (χ1) is 10.1. The van der Waals surface area contributed by atoms with Crippen LogP contribution in [0.1, 0.15) is 40.0 Å². The molecule has 0 saturated heterocycles. The van der Waals surface area contributed by atoms with Gasteiger partial charge in [-0.05, 0) is 52.5 Å². The van der Waals surface area contributed by atoms with E-state index in [1.54, 1.807) is 20.8 Å². The van der Waals surface area contributed by atoms with Crippen molar-refractivity contribution in [3.63, 3.8) is 0 Å². The van der Waals surface area contributed by atoms with Crippen molar-refractivity contribution in [3.8, 4) is 0 Å². The van der Waals surface area contributed by atoms with Gasteiger partial charge in [0.1, 0.15) is 11.7 Å². The number of carboxylic acid groups (broad SMARTS) is 1. The Hall–Kier alpha value is -1.83. The third kappa shape index (κ3) is 5.88. The molecule has 1 unspecified atom stereocenters. The van der Waals surface area contributed by atoms with Gasteiger partial charge in [0.15, 0.2) is 0 Å². The van der Waals surface area contributed by atoms with Crippen molar-refractivity contribution in [2.75, 3.05) is 6.54 Å². The Morgan fingerprint density at radius 3 is 2.41 bits per heavy atom. The summed E-state index contributed by atoms with van der Waals surface area (Å²) in [6, 6.07) is -0.485. The minimum atomic E-state index is -1.66. The van der Waals surface area contributed by atoms with Gasteiger partial charge in [0, 0.05) is 0 Å². The molecule has 1 fully saturated rings. The van der Waals surface area contributed by atoms with Crippen LogP contribution in [-0.2, 0) is 19.1 Å². The predicted molar refractivity (Wildman–Crippen MR) is 77.1 cm³/mol. The smallest absolute Gasteiger partial charge is 0.417 e. The van der Waals surface area contributed by atoms with Crippen LogP contribution in [0.4, 0.5) is 4.79 Å². The molecule has 1 saturated carbocycles. The topological polar surface area (TPSA) is 128 Å². The molecule has 1 amide bonds. The molecule has 0 aliphatic heterocycles. The largest absolute Gasteiger partial charge is 0.473 e. The summed E-state index contributed by atoms with van der Waals surface area (Å²) in [5, 5.41) is 11.3. The second-order valence-electron chi connectivity index (χ2n) is 6.42. The van der Waals surface area contributed by atoms with Gasteiger partial charge >= 0.3 is 18.0 Å². The van der Waals surface area contributed by atoms with Crippen LogP contribution >= 0.6 is 0 Å². The Morgan fingerprint density at radius 2 is 1.91 bits per heavy atom. The zero-order valence-corrected chi connectivity index (χ0v) is 13.1. The molecule has 8 heteroatoms. The molecule has 1 aliphatic carbocycles. The molecule has 0 aromatic rings. The fourth-order valence-electron chi connectivity index (χ4n) is 2.37. The van der Waals surface area contributed by atoms with Crippen LogP contribution < -0.4 is 11.1 Å². The van der Waals surface area contributed by atoms with Crippen molar-refractivity contribution in [1.82, 2.24) is 5.32 Å². The molecule has 0 radical (unpaired) electrons. The number of esters is 1. The molecule has 1 aliphatic rings. The van der Waals surface area contributed by atoms with Gasteiger partial charge in [-0.15, -0.1) is 0 Å². The highest BCUT2D eigenvalue weighted by molar-refractivity contribution is 6.28. The molecule has 0 bridgehead atoms. The number of hydrogen-bond donors (Lipinski definition) is 3. The van der Waals surface area contributed by atoms with Crippen molar-refractivity contribution < 1.29 is 29.0 Å². The van der Waals surface area contributed by atoms with Gasteiger partial charge in [0.25, 0.3) is 0 Å². The Labute approximate surface area is 129 Å². The van der Waals surface area contributed by atoms with Crippen LogP contribution in [0, 0.1) is 5.92 Å². The van der Waals surface area contributed by atoms with E-state index in [2.05, 4.69) is 5.32 Å². The van der Waals surface area contributed by atoms with Crippen LogP contribution in [0.15, 0.2) is 0 Å². The number of nitrogens with one attached hydrogen (secondary N) is 1. The number of nitrogens with two attached hydrogens (primary N) is 1. The number of hydrogen-bond acceptors (Lipinski definition) is 6. The molecule has 0 heterocycles. The Morgan fingerprint density at radius 1 is 1.27 bits per heavy atom. The monoisotopic (exact) mass is 316 g/mol. The number of alkyl carbamates (subject to hydrolysis) is 1. The first-order valence-corrected chi connectivity index (χ1v) is 7.26. The average Bonchev–Trinajstić information content (AvgIpc) is 2.38. The quantitative estimate of drug-likeness (QED) is 0.514. The molecule has 8 nitrogen and oxygen atoms in total. The zero-order valence-electron chi connectivity index (χ0n) is 13.1. The van der Waals surface area contributed by atoms with Crippen molar-refractivity contribution in [2.45, 2.75) is 57.8 Å². The highest BCUT2D eigenvalue weighted by Crippen LogP contribution is 2.26. The van der Waals surface area contributed by atoms with Gasteiger partial charge in [-0.2, -0.15) is 0 Å². The number of rotatable bonds is 3. The summed E-state index contributed by atoms with van der Waals surface area (Å²) in [5.74, 6) is -2.87. The maximum atomic E-state index is 11.8. The van der Waals surface area contributed by atoms with E-state index in [9.17, 15) is 14.4 Å². The first kappa shape index (κ1) is 18.2. The highest BCUT2D eigenvalue weighted by Gasteiger charge is 2.35. The lowest BCUT2D eigenvalue weighted by atomic mass is 9.84. The second-order valence-corrected chi connectivity index (χ2v) is 6.42. The van der Waals surface area contributed by atoms with Crippen LogP contribution in [0.2, 0.25) is 0 Å². The van der Waals surface area contributed by atoms with E-state index in [-0.39, 0.29) is 5.92 Å². The van der Waals surface area contributed by atoms with Crippen LogP contribution in [0.3, 0.4) is 0 Å². The average molecular weight is 316 g/mol. The molecule has 4 N–H and O–H groups in total. The molecule has 22 heavy (non-hydrogen) atoms. The Balaban J connectivity index is 2.70. The van der Waals surface area contributed by atoms with E-state index >= 15 is 0 Å². The molecule has 0 aromatic heterocycles. The van der Waals surface area contributed by atoms with E-state index in [1.807, 2.05) is 0 Å². The lowest BCUT2D eigenvalue weighted by Crippen LogP contribution is -2.51. The number of amides is 1. The maximum Gasteiger partial charge on any atom is 0.417 e. The van der Waals surface area contributed by atoms with Gasteiger partial charge in [-0.25, -0.2) is 14.4 Å². The van der Waals surface area contributed by atoms with Gasteiger partial charge < -0.3 is 25.6 Å². The second kappa shape index (κ2) is 7.44. The molecular formula is C14H24N2O6. The molecular weight excluding hydrogens is 292 g/mol. The van der Waals surface area contributed by atoms with Crippen molar-refractivity contribution in [3.05, 3.63) is 0 Å². The number of aliphatic carboxylic acids is 1. The summed E-state index contributed by atoms with van der Waals surface area (Å²) < 4.78 is 10.1. The maximum absolute atomic E-state index is 11.8. The van der Waals surface area contributed by atoms with Crippen LogP contribution in [0.5, 0.6) is 0 Å². The van der Waals surface area contributed by atoms with Crippen molar-refractivity contribution in [2.24, 2.45) is 11.7 Å². The SMILES string of the molecule is CC(C)(C)OC(=O)N[C@@H]1CC[C@@H](CN)CC1OC(=O)C(=O)O. The summed E-state index contributed by atoms with van der Waals surface area (Å²) in [6.45, 7) is 5.62. The Kier molecular flexibility index (Phi) is 6.16. The van der Waals surface area contributed by atoms with E-state index in [0.29, 0.717) is 19.4 Å². The molecule has 0 aromatic carbocycles. The number of carboxylic acids is 1. The van der Waals surface area contributed by atoms with Crippen molar-refractivity contribution >= 4 is 18.0 Å². The third-order valence-corrected chi connectivity index (χ3v) is 3.37. The lowest BCUT2D eigenvalue weighted by Gasteiger charge is -2.35.